The summed E-state index contributed by atoms with van der Waals surface area (Å²) in [5.41, 5.74) is 1.35. The van der Waals surface area contributed by atoms with Gasteiger partial charge in [0.15, 0.2) is 0 Å². The van der Waals surface area contributed by atoms with Gasteiger partial charge in [0.05, 0.1) is 0 Å². The average molecular weight is 221 g/mol. The van der Waals surface area contributed by atoms with E-state index in [1.807, 2.05) is 18.0 Å². The lowest BCUT2D eigenvalue weighted by molar-refractivity contribution is -0.120. The molecule has 2 rings (SSSR count). The molecule has 0 amide bonds. The third-order valence-electron chi connectivity index (χ3n) is 2.54. The van der Waals surface area contributed by atoms with Crippen LogP contribution >= 0.6 is 11.9 Å². The van der Waals surface area contributed by atoms with Gasteiger partial charge in [0, 0.05) is 31.7 Å². The van der Waals surface area contributed by atoms with E-state index in [2.05, 4.69) is 28.6 Å². The Hall–Kier alpha value is -0.800. The summed E-state index contributed by atoms with van der Waals surface area (Å²) < 4.78 is 2.30. The van der Waals surface area contributed by atoms with Gasteiger partial charge in [-0.2, -0.15) is 0 Å². The van der Waals surface area contributed by atoms with E-state index in [-0.39, 0.29) is 0 Å². The Morgan fingerprint density at radius 3 is 2.47 bits per heavy atom. The molecule has 1 fully saturated rings. The molecule has 0 radical (unpaired) electrons. The number of nitrogens with zero attached hydrogens (tertiary/aromatic N) is 1. The van der Waals surface area contributed by atoms with Crippen molar-refractivity contribution in [2.45, 2.75) is 18.6 Å². The van der Waals surface area contributed by atoms with Gasteiger partial charge in [0.2, 0.25) is 0 Å². The Morgan fingerprint density at radius 2 is 1.80 bits per heavy atom. The van der Waals surface area contributed by atoms with E-state index >= 15 is 0 Å². The van der Waals surface area contributed by atoms with Gasteiger partial charge >= 0.3 is 0 Å². The molecule has 1 heterocycles. The quantitative estimate of drug-likeness (QED) is 0.731. The maximum Gasteiger partial charge on any atom is 0.135 e. The fourth-order valence-electron chi connectivity index (χ4n) is 1.60. The van der Waals surface area contributed by atoms with Crippen molar-refractivity contribution in [1.82, 2.24) is 4.31 Å². The molecule has 1 aromatic rings. The highest BCUT2D eigenvalue weighted by Gasteiger charge is 2.15. The van der Waals surface area contributed by atoms with Crippen LogP contribution < -0.4 is 0 Å². The van der Waals surface area contributed by atoms with Gasteiger partial charge in [-0.3, -0.25) is 4.79 Å². The number of ketones is 1. The lowest BCUT2D eigenvalue weighted by Gasteiger charge is -2.24. The van der Waals surface area contributed by atoms with Gasteiger partial charge < -0.3 is 0 Å². The molecule has 0 unspecified atom stereocenters. The van der Waals surface area contributed by atoms with E-state index in [9.17, 15) is 4.79 Å². The van der Waals surface area contributed by atoms with E-state index in [1.54, 1.807) is 0 Å². The van der Waals surface area contributed by atoms with Crippen LogP contribution in [-0.2, 0) is 10.5 Å². The molecule has 1 aromatic carbocycles. The highest BCUT2D eigenvalue weighted by molar-refractivity contribution is 7.96. The zero-order valence-electron chi connectivity index (χ0n) is 8.69. The summed E-state index contributed by atoms with van der Waals surface area (Å²) in [5, 5.41) is 0. The molecule has 1 saturated heterocycles. The predicted octanol–water partition coefficient (Wildman–Crippen LogP) is 2.50. The Kier molecular flexibility index (Phi) is 3.80. The molecule has 80 valence electrons. The van der Waals surface area contributed by atoms with Crippen molar-refractivity contribution < 1.29 is 4.79 Å². The van der Waals surface area contributed by atoms with Crippen LogP contribution in [-0.4, -0.2) is 23.2 Å². The predicted molar refractivity (Wildman–Crippen MR) is 63.6 cm³/mol. The molecular weight excluding hydrogens is 206 g/mol. The number of hydrogen-bond acceptors (Lipinski definition) is 3. The number of carbonyl (C=O) groups excluding carboxylic acids is 1. The maximum atomic E-state index is 11.0. The molecule has 3 heteroatoms. The summed E-state index contributed by atoms with van der Waals surface area (Å²) >= 11 is 1.83. The van der Waals surface area contributed by atoms with Crippen LogP contribution in [0.1, 0.15) is 18.4 Å². The summed E-state index contributed by atoms with van der Waals surface area (Å²) in [4.78, 5) is 11.0. The van der Waals surface area contributed by atoms with Crippen LogP contribution in [0.5, 0.6) is 0 Å². The van der Waals surface area contributed by atoms with Gasteiger partial charge in [-0.25, -0.2) is 4.31 Å². The summed E-state index contributed by atoms with van der Waals surface area (Å²) in [6.45, 7) is 1.83. The second-order valence-electron chi connectivity index (χ2n) is 3.73. The van der Waals surface area contributed by atoms with Gasteiger partial charge in [0.25, 0.3) is 0 Å². The van der Waals surface area contributed by atoms with Crippen molar-refractivity contribution in [2.24, 2.45) is 0 Å². The minimum atomic E-state index is 0.409. The topological polar surface area (TPSA) is 20.3 Å². The van der Waals surface area contributed by atoms with Crippen molar-refractivity contribution in [3.63, 3.8) is 0 Å². The minimum absolute atomic E-state index is 0.409. The monoisotopic (exact) mass is 221 g/mol. The lowest BCUT2D eigenvalue weighted by Crippen LogP contribution is -2.28. The van der Waals surface area contributed by atoms with Crippen LogP contribution in [0, 0.1) is 0 Å². The zero-order chi connectivity index (χ0) is 10.5. The standard InChI is InChI=1S/C12H15NOS/c14-12-6-8-13(9-7-12)15-10-11-4-2-1-3-5-11/h1-5H,6-10H2. The Morgan fingerprint density at radius 1 is 1.13 bits per heavy atom. The molecule has 0 bridgehead atoms. The highest BCUT2D eigenvalue weighted by Crippen LogP contribution is 2.20. The highest BCUT2D eigenvalue weighted by atomic mass is 32.2. The molecule has 0 atom stereocenters. The first-order valence-electron chi connectivity index (χ1n) is 5.28. The number of carbonyl (C=O) groups is 1. The second kappa shape index (κ2) is 5.33. The van der Waals surface area contributed by atoms with Gasteiger partial charge in [-0.15, -0.1) is 0 Å². The summed E-state index contributed by atoms with van der Waals surface area (Å²) in [5.74, 6) is 1.42. The molecule has 0 N–H and O–H groups in total. The number of rotatable bonds is 3. The molecule has 1 aliphatic rings. The summed E-state index contributed by atoms with van der Waals surface area (Å²) in [6.07, 6.45) is 1.45. The zero-order valence-corrected chi connectivity index (χ0v) is 9.50. The number of piperidine rings is 1. The SMILES string of the molecule is O=C1CCN(SCc2ccccc2)CC1. The Bertz CT molecular complexity index is 316. The normalized spacial score (nSPS) is 18.0. The summed E-state index contributed by atoms with van der Waals surface area (Å²) in [7, 11) is 0. The van der Waals surface area contributed by atoms with Crippen molar-refractivity contribution in [3.8, 4) is 0 Å². The first kappa shape index (κ1) is 10.7. The molecule has 0 saturated carbocycles. The number of benzene rings is 1. The fourth-order valence-corrected chi connectivity index (χ4v) is 2.57. The molecule has 0 aromatic heterocycles. The van der Waals surface area contributed by atoms with Crippen molar-refractivity contribution in [2.75, 3.05) is 13.1 Å². The Labute approximate surface area is 94.8 Å². The van der Waals surface area contributed by atoms with Gasteiger partial charge in [0.1, 0.15) is 5.78 Å². The molecule has 15 heavy (non-hydrogen) atoms. The number of Topliss-reactive ketones (excluding diaryl/α,β-unsaturated/α-hetero) is 1. The van der Waals surface area contributed by atoms with Crippen LogP contribution in [0.25, 0.3) is 0 Å². The summed E-state index contributed by atoms with van der Waals surface area (Å²) in [6, 6.07) is 10.4. The molecule has 2 nitrogen and oxygen atoms in total. The van der Waals surface area contributed by atoms with E-state index in [0.29, 0.717) is 5.78 Å². The first-order chi connectivity index (χ1) is 7.34. The minimum Gasteiger partial charge on any atom is -0.300 e. The third-order valence-corrected chi connectivity index (χ3v) is 3.73. The molecular formula is C12H15NOS. The van der Waals surface area contributed by atoms with E-state index in [0.717, 1.165) is 31.7 Å². The van der Waals surface area contributed by atoms with Crippen LogP contribution in [0.4, 0.5) is 0 Å². The van der Waals surface area contributed by atoms with Crippen molar-refractivity contribution in [3.05, 3.63) is 35.9 Å². The van der Waals surface area contributed by atoms with Crippen molar-refractivity contribution in [1.29, 1.82) is 0 Å². The Balaban J connectivity index is 1.77. The van der Waals surface area contributed by atoms with Gasteiger partial charge in [-0.1, -0.05) is 42.3 Å². The van der Waals surface area contributed by atoms with E-state index < -0.39 is 0 Å². The van der Waals surface area contributed by atoms with Gasteiger partial charge in [-0.05, 0) is 5.56 Å². The largest absolute Gasteiger partial charge is 0.300 e. The second-order valence-corrected chi connectivity index (χ2v) is 4.79. The van der Waals surface area contributed by atoms with Crippen LogP contribution in [0.3, 0.4) is 0 Å². The molecule has 0 aliphatic carbocycles. The third kappa shape index (κ3) is 3.36. The smallest absolute Gasteiger partial charge is 0.135 e. The molecule has 1 aliphatic heterocycles. The van der Waals surface area contributed by atoms with Crippen molar-refractivity contribution >= 4 is 17.7 Å². The maximum absolute atomic E-state index is 11.0. The first-order valence-corrected chi connectivity index (χ1v) is 6.22. The van der Waals surface area contributed by atoms with Crippen LogP contribution in [0.2, 0.25) is 0 Å². The lowest BCUT2D eigenvalue weighted by atomic mass is 10.1. The molecule has 0 spiro atoms. The average Bonchev–Trinajstić information content (AvgIpc) is 2.30. The van der Waals surface area contributed by atoms with Crippen LogP contribution in [0.15, 0.2) is 30.3 Å². The fraction of sp³-hybridized carbons (Fsp3) is 0.417. The van der Waals surface area contributed by atoms with E-state index in [1.165, 1.54) is 5.56 Å². The number of hydrogen-bond donors (Lipinski definition) is 0. The van der Waals surface area contributed by atoms with E-state index in [4.69, 9.17) is 0 Å².